The molecule has 1 aromatic rings. The lowest BCUT2D eigenvalue weighted by Crippen LogP contribution is -2.20. The van der Waals surface area contributed by atoms with Crippen LogP contribution in [0.5, 0.6) is 0 Å². The quantitative estimate of drug-likeness (QED) is 0.837. The van der Waals surface area contributed by atoms with E-state index in [1.165, 1.54) is 0 Å². The van der Waals surface area contributed by atoms with Crippen LogP contribution < -0.4 is 11.1 Å². The fourth-order valence-corrected chi connectivity index (χ4v) is 1.74. The highest BCUT2D eigenvalue weighted by Gasteiger charge is 2.17. The van der Waals surface area contributed by atoms with Crippen LogP contribution in [0.2, 0.25) is 5.02 Å². The van der Waals surface area contributed by atoms with Crippen LogP contribution in [-0.4, -0.2) is 10.9 Å². The summed E-state index contributed by atoms with van der Waals surface area (Å²) in [6.07, 6.45) is 0.417. The number of nitrogens with two attached hydrogens (primary N) is 1. The third-order valence-electron chi connectivity index (χ3n) is 2.22. The summed E-state index contributed by atoms with van der Waals surface area (Å²) in [5.74, 6) is -0.0792. The normalized spacial score (nSPS) is 11.1. The Labute approximate surface area is 118 Å². The number of benzene rings is 1. The van der Waals surface area contributed by atoms with Crippen molar-refractivity contribution in [2.24, 2.45) is 11.1 Å². The maximum Gasteiger partial charge on any atom is 0.224 e. The smallest absolute Gasteiger partial charge is 0.224 e. The molecule has 1 amide bonds. The molecule has 0 saturated carbocycles. The van der Waals surface area contributed by atoms with Crippen molar-refractivity contribution >= 4 is 40.4 Å². The van der Waals surface area contributed by atoms with Gasteiger partial charge in [-0.15, -0.1) is 0 Å². The molecule has 0 aliphatic heterocycles. The summed E-state index contributed by atoms with van der Waals surface area (Å²) in [4.78, 5) is 12.1. The van der Waals surface area contributed by atoms with E-state index in [0.717, 1.165) is 0 Å². The second-order valence-corrected chi connectivity index (χ2v) is 6.19. The van der Waals surface area contributed by atoms with Gasteiger partial charge in [-0.25, -0.2) is 0 Å². The molecule has 0 aliphatic carbocycles. The summed E-state index contributed by atoms with van der Waals surface area (Å²) in [6.45, 7) is 6.00. The highest BCUT2D eigenvalue weighted by molar-refractivity contribution is 7.80. The van der Waals surface area contributed by atoms with E-state index in [9.17, 15) is 4.79 Å². The van der Waals surface area contributed by atoms with Crippen LogP contribution in [0.1, 0.15) is 32.8 Å². The first-order chi connectivity index (χ1) is 8.19. The summed E-state index contributed by atoms with van der Waals surface area (Å²) in [5.41, 5.74) is 6.69. The van der Waals surface area contributed by atoms with Gasteiger partial charge in [-0.3, -0.25) is 4.79 Å². The molecule has 0 saturated heterocycles. The molecule has 0 unspecified atom stereocenters. The minimum atomic E-state index is -0.0792. The van der Waals surface area contributed by atoms with E-state index in [2.05, 4.69) is 5.32 Å². The molecule has 1 rings (SSSR count). The third-order valence-corrected chi connectivity index (χ3v) is 2.78. The van der Waals surface area contributed by atoms with Gasteiger partial charge in [0.15, 0.2) is 0 Å². The minimum absolute atomic E-state index is 0.0721. The van der Waals surface area contributed by atoms with Gasteiger partial charge < -0.3 is 11.1 Å². The van der Waals surface area contributed by atoms with Crippen LogP contribution in [0.15, 0.2) is 18.2 Å². The number of nitrogens with one attached hydrogen (secondary N) is 1. The first kappa shape index (κ1) is 14.9. The topological polar surface area (TPSA) is 55.1 Å². The molecule has 0 bridgehead atoms. The summed E-state index contributed by atoms with van der Waals surface area (Å²) >= 11 is 10.9. The first-order valence-corrected chi connectivity index (χ1v) is 6.37. The largest absolute Gasteiger partial charge is 0.389 e. The second-order valence-electron chi connectivity index (χ2n) is 5.34. The van der Waals surface area contributed by atoms with Crippen molar-refractivity contribution < 1.29 is 4.79 Å². The highest BCUT2D eigenvalue weighted by Crippen LogP contribution is 2.25. The van der Waals surface area contributed by atoms with Crippen LogP contribution in [0.25, 0.3) is 0 Å². The average Bonchev–Trinajstić information content (AvgIpc) is 2.18. The predicted octanol–water partition coefficient (Wildman–Crippen LogP) is 3.35. The van der Waals surface area contributed by atoms with Crippen LogP contribution in [-0.2, 0) is 4.79 Å². The molecule has 0 spiro atoms. The highest BCUT2D eigenvalue weighted by atomic mass is 35.5. The molecule has 1 aromatic carbocycles. The second kappa shape index (κ2) is 5.67. The summed E-state index contributed by atoms with van der Waals surface area (Å²) in [7, 11) is 0. The number of carbonyl (C=O) groups is 1. The first-order valence-electron chi connectivity index (χ1n) is 5.58. The molecule has 18 heavy (non-hydrogen) atoms. The van der Waals surface area contributed by atoms with Gasteiger partial charge in [0.1, 0.15) is 4.99 Å². The number of hydrogen-bond donors (Lipinski definition) is 2. The number of anilines is 1. The fraction of sp³-hybridized carbons (Fsp3) is 0.385. The summed E-state index contributed by atoms with van der Waals surface area (Å²) in [5, 5.41) is 3.25. The molecular weight excluding hydrogens is 268 g/mol. The molecule has 0 radical (unpaired) electrons. The lowest BCUT2D eigenvalue weighted by Gasteiger charge is -2.17. The fourth-order valence-electron chi connectivity index (χ4n) is 1.45. The Kier molecular flexibility index (Phi) is 4.71. The number of amides is 1. The van der Waals surface area contributed by atoms with Crippen molar-refractivity contribution in [2.45, 2.75) is 27.2 Å². The Balaban J connectivity index is 2.87. The SMILES string of the molecule is CC(C)(C)CC(=O)Nc1cc(C(N)=S)ccc1Cl. The number of carbonyl (C=O) groups excluding carboxylic acids is 1. The molecule has 3 nitrogen and oxygen atoms in total. The van der Waals surface area contributed by atoms with Crippen molar-refractivity contribution in [3.63, 3.8) is 0 Å². The number of thiocarbonyl (C=S) groups is 1. The lowest BCUT2D eigenvalue weighted by atomic mass is 9.92. The molecule has 0 aliphatic rings. The standard InChI is InChI=1S/C13H17ClN2OS/c1-13(2,3)7-11(17)16-10-6-8(12(15)18)4-5-9(10)14/h4-6H,7H2,1-3H3,(H2,15,18)(H,16,17). The van der Waals surface area contributed by atoms with Crippen molar-refractivity contribution in [1.29, 1.82) is 0 Å². The van der Waals surface area contributed by atoms with Gasteiger partial charge in [-0.2, -0.15) is 0 Å². The number of halogens is 1. The Bertz CT molecular complexity index is 480. The van der Waals surface area contributed by atoms with E-state index in [1.807, 2.05) is 20.8 Å². The summed E-state index contributed by atoms with van der Waals surface area (Å²) < 4.78 is 0. The maximum atomic E-state index is 11.8. The van der Waals surface area contributed by atoms with Crippen LogP contribution >= 0.6 is 23.8 Å². The molecule has 0 aromatic heterocycles. The number of rotatable bonds is 3. The van der Waals surface area contributed by atoms with Gasteiger partial charge in [0.2, 0.25) is 5.91 Å². The van der Waals surface area contributed by atoms with Gasteiger partial charge in [0.05, 0.1) is 10.7 Å². The van der Waals surface area contributed by atoms with Crippen molar-refractivity contribution in [2.75, 3.05) is 5.32 Å². The molecule has 3 N–H and O–H groups in total. The zero-order valence-electron chi connectivity index (χ0n) is 10.7. The Morgan fingerprint density at radius 1 is 1.44 bits per heavy atom. The van der Waals surface area contributed by atoms with E-state index < -0.39 is 0 Å². The average molecular weight is 285 g/mol. The van der Waals surface area contributed by atoms with E-state index in [0.29, 0.717) is 22.7 Å². The Morgan fingerprint density at radius 2 is 2.06 bits per heavy atom. The van der Waals surface area contributed by atoms with Crippen molar-refractivity contribution in [3.8, 4) is 0 Å². The van der Waals surface area contributed by atoms with E-state index in [-0.39, 0.29) is 16.3 Å². The van der Waals surface area contributed by atoms with Gasteiger partial charge in [0.25, 0.3) is 0 Å². The Morgan fingerprint density at radius 3 is 2.56 bits per heavy atom. The van der Waals surface area contributed by atoms with Crippen LogP contribution in [0.3, 0.4) is 0 Å². The van der Waals surface area contributed by atoms with Gasteiger partial charge in [-0.05, 0) is 17.5 Å². The molecule has 0 fully saturated rings. The van der Waals surface area contributed by atoms with Crippen LogP contribution in [0.4, 0.5) is 5.69 Å². The molecule has 0 atom stereocenters. The minimum Gasteiger partial charge on any atom is -0.389 e. The molecule has 98 valence electrons. The molecular formula is C13H17ClN2OS. The Hall–Kier alpha value is -1.13. The van der Waals surface area contributed by atoms with Gasteiger partial charge in [-0.1, -0.05) is 50.7 Å². The van der Waals surface area contributed by atoms with E-state index in [1.54, 1.807) is 18.2 Å². The zero-order chi connectivity index (χ0) is 13.9. The third kappa shape index (κ3) is 4.63. The molecule has 5 heteroatoms. The van der Waals surface area contributed by atoms with Crippen molar-refractivity contribution in [3.05, 3.63) is 28.8 Å². The van der Waals surface area contributed by atoms with Crippen molar-refractivity contribution in [1.82, 2.24) is 0 Å². The van der Waals surface area contributed by atoms with Gasteiger partial charge in [0, 0.05) is 12.0 Å². The predicted molar refractivity (Wildman–Crippen MR) is 80.0 cm³/mol. The zero-order valence-corrected chi connectivity index (χ0v) is 12.3. The monoisotopic (exact) mass is 284 g/mol. The lowest BCUT2D eigenvalue weighted by molar-refractivity contribution is -0.117. The summed E-state index contributed by atoms with van der Waals surface area (Å²) in [6, 6.07) is 5.08. The number of hydrogen-bond acceptors (Lipinski definition) is 2. The molecule has 0 heterocycles. The van der Waals surface area contributed by atoms with E-state index in [4.69, 9.17) is 29.6 Å². The van der Waals surface area contributed by atoms with Gasteiger partial charge >= 0.3 is 0 Å². The van der Waals surface area contributed by atoms with E-state index >= 15 is 0 Å². The maximum absolute atomic E-state index is 11.8. The van der Waals surface area contributed by atoms with Crippen LogP contribution in [0, 0.1) is 5.41 Å².